The summed E-state index contributed by atoms with van der Waals surface area (Å²) in [5, 5.41) is 9.63. The van der Waals surface area contributed by atoms with Crippen molar-refractivity contribution in [2.75, 3.05) is 5.32 Å². The van der Waals surface area contributed by atoms with E-state index in [1.807, 2.05) is 30.5 Å². The molecule has 0 fully saturated rings. The third kappa shape index (κ3) is 4.64. The van der Waals surface area contributed by atoms with Gasteiger partial charge in [0.2, 0.25) is 0 Å². The van der Waals surface area contributed by atoms with Crippen molar-refractivity contribution in [3.8, 4) is 11.4 Å². The fourth-order valence-corrected chi connectivity index (χ4v) is 4.36. The molecule has 2 N–H and O–H groups in total. The molecule has 0 spiro atoms. The Morgan fingerprint density at radius 1 is 1.24 bits per heavy atom. The second kappa shape index (κ2) is 8.46. The number of nitrogens with one attached hydrogen (secondary N) is 2. The molecule has 0 atom stereocenters. The summed E-state index contributed by atoms with van der Waals surface area (Å²) < 4.78 is 4.53. The Hall–Kier alpha value is -3.17. The summed E-state index contributed by atoms with van der Waals surface area (Å²) in [7, 11) is 0. The van der Waals surface area contributed by atoms with E-state index in [0.29, 0.717) is 28.4 Å². The van der Waals surface area contributed by atoms with Gasteiger partial charge >= 0.3 is 5.76 Å². The van der Waals surface area contributed by atoms with E-state index in [4.69, 9.17) is 0 Å². The number of aryl methyl sites for hydroxylation is 1. The summed E-state index contributed by atoms with van der Waals surface area (Å²) in [6.45, 7) is 1.98. The van der Waals surface area contributed by atoms with Gasteiger partial charge in [0.05, 0.1) is 16.3 Å². The molecule has 4 aromatic rings. The smallest absolute Gasteiger partial charge is 0.322 e. The Bertz CT molecular complexity index is 1210. The number of hydrogen-bond acceptors (Lipinski definition) is 7. The zero-order chi connectivity index (χ0) is 20.2. The average molecular weight is 425 g/mol. The maximum Gasteiger partial charge on any atom is 0.439 e. The molecule has 2 aromatic heterocycles. The van der Waals surface area contributed by atoms with E-state index in [1.165, 1.54) is 0 Å². The van der Waals surface area contributed by atoms with Crippen molar-refractivity contribution in [2.45, 2.75) is 17.6 Å². The molecule has 29 heavy (non-hydrogen) atoms. The fourth-order valence-electron chi connectivity index (χ4n) is 2.70. The van der Waals surface area contributed by atoms with Gasteiger partial charge in [0.15, 0.2) is 5.82 Å². The lowest BCUT2D eigenvalue weighted by atomic mass is 10.1. The number of carbonyl (C=O) groups is 1. The monoisotopic (exact) mass is 424 g/mol. The molecular formula is C20H16N4O3S2. The number of thiazole rings is 1. The van der Waals surface area contributed by atoms with Gasteiger partial charge in [-0.15, -0.1) is 23.1 Å². The first-order valence-corrected chi connectivity index (χ1v) is 10.6. The van der Waals surface area contributed by atoms with Crippen LogP contribution in [0.1, 0.15) is 21.1 Å². The number of H-pyrrole nitrogens is 1. The highest BCUT2D eigenvalue weighted by Gasteiger charge is 2.13. The molecule has 0 aliphatic carbocycles. The van der Waals surface area contributed by atoms with Crippen LogP contribution in [0, 0.1) is 6.92 Å². The van der Waals surface area contributed by atoms with Crippen molar-refractivity contribution in [1.29, 1.82) is 0 Å². The Balaban J connectivity index is 1.51. The normalized spacial score (nSPS) is 10.8. The average Bonchev–Trinajstić information content (AvgIpc) is 3.35. The molecule has 2 aromatic carbocycles. The topological polar surface area (TPSA) is 101 Å². The van der Waals surface area contributed by atoms with Crippen molar-refractivity contribution < 1.29 is 9.32 Å². The van der Waals surface area contributed by atoms with Gasteiger partial charge in [-0.05, 0) is 31.2 Å². The largest absolute Gasteiger partial charge is 0.439 e. The van der Waals surface area contributed by atoms with Crippen LogP contribution < -0.4 is 11.1 Å². The van der Waals surface area contributed by atoms with E-state index in [0.717, 1.165) is 15.6 Å². The van der Waals surface area contributed by atoms with Gasteiger partial charge in [-0.1, -0.05) is 29.4 Å². The third-order valence-corrected chi connectivity index (χ3v) is 5.94. The van der Waals surface area contributed by atoms with Crippen LogP contribution in [-0.2, 0) is 5.75 Å². The highest BCUT2D eigenvalue weighted by Crippen LogP contribution is 2.28. The SMILES string of the molecule is Cc1nc(CSc2ccccc2C(=O)Nc2cccc(-c3noc(=O)[nH]3)c2)cs1. The van der Waals surface area contributed by atoms with Crippen molar-refractivity contribution >= 4 is 34.7 Å². The molecule has 9 heteroatoms. The highest BCUT2D eigenvalue weighted by molar-refractivity contribution is 7.98. The quantitative estimate of drug-likeness (QED) is 0.447. The number of thioether (sulfide) groups is 1. The number of aromatic amines is 1. The third-order valence-electron chi connectivity index (χ3n) is 4.01. The van der Waals surface area contributed by atoms with Gasteiger partial charge in [0, 0.05) is 27.3 Å². The number of carbonyl (C=O) groups excluding carboxylic acids is 1. The van der Waals surface area contributed by atoms with Crippen LogP contribution in [0.2, 0.25) is 0 Å². The Morgan fingerprint density at radius 3 is 2.86 bits per heavy atom. The molecule has 0 bridgehead atoms. The molecule has 146 valence electrons. The summed E-state index contributed by atoms with van der Waals surface area (Å²) in [6.07, 6.45) is 0. The number of benzene rings is 2. The number of rotatable bonds is 6. The maximum atomic E-state index is 12.9. The van der Waals surface area contributed by atoms with Crippen LogP contribution in [0.5, 0.6) is 0 Å². The van der Waals surface area contributed by atoms with Gasteiger partial charge in [-0.2, -0.15) is 0 Å². The summed E-state index contributed by atoms with van der Waals surface area (Å²) in [6, 6.07) is 14.5. The minimum atomic E-state index is -0.629. The number of amides is 1. The van der Waals surface area contributed by atoms with Crippen molar-refractivity contribution in [1.82, 2.24) is 15.1 Å². The Morgan fingerprint density at radius 2 is 2.10 bits per heavy atom. The Labute approximate surface area is 174 Å². The summed E-state index contributed by atoms with van der Waals surface area (Å²) in [5.41, 5.74) is 2.81. The summed E-state index contributed by atoms with van der Waals surface area (Å²) in [5.74, 6) is 0.161. The van der Waals surface area contributed by atoms with Crippen LogP contribution in [0.15, 0.2) is 68.1 Å². The Kier molecular flexibility index (Phi) is 5.59. The van der Waals surface area contributed by atoms with E-state index in [9.17, 15) is 9.59 Å². The predicted molar refractivity (Wildman–Crippen MR) is 113 cm³/mol. The lowest BCUT2D eigenvalue weighted by Crippen LogP contribution is -2.13. The van der Waals surface area contributed by atoms with Crippen molar-refractivity contribution in [3.05, 3.63) is 80.7 Å². The van der Waals surface area contributed by atoms with Crippen LogP contribution in [0.4, 0.5) is 5.69 Å². The summed E-state index contributed by atoms with van der Waals surface area (Å²) in [4.78, 5) is 31.9. The van der Waals surface area contributed by atoms with Crippen LogP contribution in [0.25, 0.3) is 11.4 Å². The van der Waals surface area contributed by atoms with Crippen LogP contribution in [0.3, 0.4) is 0 Å². The van der Waals surface area contributed by atoms with Crippen LogP contribution in [-0.4, -0.2) is 21.0 Å². The van der Waals surface area contributed by atoms with E-state index < -0.39 is 5.76 Å². The molecule has 7 nitrogen and oxygen atoms in total. The van der Waals surface area contributed by atoms with Gasteiger partial charge in [-0.25, -0.2) is 9.78 Å². The van der Waals surface area contributed by atoms with Crippen molar-refractivity contribution in [2.24, 2.45) is 0 Å². The van der Waals surface area contributed by atoms with E-state index in [1.54, 1.807) is 53.4 Å². The summed E-state index contributed by atoms with van der Waals surface area (Å²) >= 11 is 3.19. The molecule has 0 saturated carbocycles. The first-order chi connectivity index (χ1) is 14.1. The second-order valence-electron chi connectivity index (χ2n) is 6.12. The molecule has 0 saturated heterocycles. The minimum absolute atomic E-state index is 0.214. The fraction of sp³-hybridized carbons (Fsp3) is 0.100. The van der Waals surface area contributed by atoms with Crippen LogP contribution >= 0.6 is 23.1 Å². The standard InChI is InChI=1S/C20H16N4O3S2/c1-12-21-15(10-28-12)11-29-17-8-3-2-7-16(17)19(25)22-14-6-4-5-13(9-14)18-23-20(26)27-24-18/h2-10H,11H2,1H3,(H,22,25)(H,23,24,26). The zero-order valence-corrected chi connectivity index (χ0v) is 17.0. The molecule has 0 unspecified atom stereocenters. The molecule has 0 aliphatic heterocycles. The predicted octanol–water partition coefficient (Wildman–Crippen LogP) is 4.34. The van der Waals surface area contributed by atoms with Gasteiger partial charge in [0.25, 0.3) is 5.91 Å². The zero-order valence-electron chi connectivity index (χ0n) is 15.3. The molecule has 4 rings (SSSR count). The molecule has 0 aliphatic rings. The number of nitrogens with zero attached hydrogens (tertiary/aromatic N) is 2. The maximum absolute atomic E-state index is 12.9. The van der Waals surface area contributed by atoms with E-state index in [2.05, 4.69) is 25.0 Å². The molecular weight excluding hydrogens is 408 g/mol. The van der Waals surface area contributed by atoms with E-state index >= 15 is 0 Å². The minimum Gasteiger partial charge on any atom is -0.322 e. The first kappa shape index (κ1) is 19.2. The lowest BCUT2D eigenvalue weighted by Gasteiger charge is -2.10. The number of anilines is 1. The lowest BCUT2D eigenvalue weighted by molar-refractivity contribution is 0.102. The van der Waals surface area contributed by atoms with E-state index in [-0.39, 0.29) is 5.91 Å². The van der Waals surface area contributed by atoms with Gasteiger partial charge in [-0.3, -0.25) is 14.3 Å². The van der Waals surface area contributed by atoms with Crippen molar-refractivity contribution in [3.63, 3.8) is 0 Å². The number of hydrogen-bond donors (Lipinski definition) is 2. The molecule has 2 heterocycles. The second-order valence-corrected chi connectivity index (χ2v) is 8.20. The number of aromatic nitrogens is 3. The molecule has 1 amide bonds. The highest BCUT2D eigenvalue weighted by atomic mass is 32.2. The first-order valence-electron chi connectivity index (χ1n) is 8.69. The van der Waals surface area contributed by atoms with Gasteiger partial charge in [0.1, 0.15) is 0 Å². The van der Waals surface area contributed by atoms with Gasteiger partial charge < -0.3 is 5.32 Å². The molecule has 0 radical (unpaired) electrons.